The molecule has 60 heavy (non-hydrogen) atoms. The number of rotatable bonds is 15. The molecule has 1 aliphatic heterocycles. The number of allylic oxidation sites excluding steroid dienone is 1. The van der Waals surface area contributed by atoms with E-state index in [9.17, 15) is 9.59 Å². The number of hydrogen-bond acceptors (Lipinski definition) is 12. The van der Waals surface area contributed by atoms with E-state index in [0.717, 1.165) is 65.7 Å². The minimum atomic E-state index is -0.529. The van der Waals surface area contributed by atoms with Gasteiger partial charge in [0.25, 0.3) is 0 Å². The van der Waals surface area contributed by atoms with E-state index in [1.165, 1.54) is 58.1 Å². The highest BCUT2D eigenvalue weighted by molar-refractivity contribution is 7.99. The molecule has 0 saturated carbocycles. The summed E-state index contributed by atoms with van der Waals surface area (Å²) in [5.74, 6) is 0.605. The van der Waals surface area contributed by atoms with Crippen LogP contribution in [-0.4, -0.2) is 89.4 Å². The number of fused-ring (bicyclic) bond motifs is 1. The van der Waals surface area contributed by atoms with Crippen molar-refractivity contribution >= 4 is 65.0 Å². The van der Waals surface area contributed by atoms with Gasteiger partial charge in [0, 0.05) is 73.5 Å². The topological polar surface area (TPSA) is 198 Å². The Bertz CT molecular complexity index is 2420. The smallest absolute Gasteiger partial charge is 0.322 e. The number of nitrogens with zero attached hydrogens (tertiary/aromatic N) is 8. The first-order chi connectivity index (χ1) is 29.1. The molecule has 0 atom stereocenters. The van der Waals surface area contributed by atoms with E-state index in [1.807, 2.05) is 45.2 Å². The number of aldehydes is 1. The quantitative estimate of drug-likeness (QED) is 0.0703. The van der Waals surface area contributed by atoms with Crippen LogP contribution in [0.3, 0.4) is 0 Å². The van der Waals surface area contributed by atoms with Crippen molar-refractivity contribution in [1.29, 1.82) is 5.41 Å². The molecule has 1 saturated heterocycles. The Balaban J connectivity index is 0.00000336. The van der Waals surface area contributed by atoms with E-state index >= 15 is 4.39 Å². The first kappa shape index (κ1) is 44.9. The summed E-state index contributed by atoms with van der Waals surface area (Å²) in [4.78, 5) is 38.3. The second-order valence-electron chi connectivity index (χ2n) is 14.1. The minimum absolute atomic E-state index is 0.0709. The number of carbonyl (C=O) groups excluding carboxylic acids is 2. The molecule has 2 aromatic heterocycles. The summed E-state index contributed by atoms with van der Waals surface area (Å²) in [7, 11) is 4.94. The van der Waals surface area contributed by atoms with Crippen LogP contribution in [0.5, 0.6) is 5.75 Å². The predicted octanol–water partition coefficient (Wildman–Crippen LogP) is 6.18. The van der Waals surface area contributed by atoms with Gasteiger partial charge in [0.1, 0.15) is 29.8 Å². The molecular formula is C43H53FN12O3S. The zero-order valence-corrected chi connectivity index (χ0v) is 35.5. The molecule has 1 aliphatic rings. The molecule has 1 fully saturated rings. The van der Waals surface area contributed by atoms with Gasteiger partial charge in [-0.25, -0.2) is 23.8 Å². The zero-order valence-electron chi connectivity index (χ0n) is 34.6. The third-order valence-electron chi connectivity index (χ3n) is 9.83. The number of urea groups is 1. The molecule has 0 unspecified atom stereocenters. The number of carbonyl (C=O) groups is 2. The van der Waals surface area contributed by atoms with Gasteiger partial charge in [0.05, 0.1) is 11.6 Å². The van der Waals surface area contributed by atoms with Gasteiger partial charge >= 0.3 is 6.03 Å². The number of nitrogens with one attached hydrogen (secondary N) is 2. The van der Waals surface area contributed by atoms with Crippen LogP contribution in [0.4, 0.5) is 20.7 Å². The van der Waals surface area contributed by atoms with E-state index in [4.69, 9.17) is 15.9 Å². The van der Waals surface area contributed by atoms with Crippen molar-refractivity contribution < 1.29 is 18.7 Å². The summed E-state index contributed by atoms with van der Waals surface area (Å²) in [6.45, 7) is 10.2. The van der Waals surface area contributed by atoms with Crippen LogP contribution in [-0.2, 0) is 18.4 Å². The van der Waals surface area contributed by atoms with E-state index in [-0.39, 0.29) is 47.7 Å². The summed E-state index contributed by atoms with van der Waals surface area (Å²) in [5, 5.41) is 19.9. The number of benzene rings is 3. The van der Waals surface area contributed by atoms with Crippen molar-refractivity contribution in [2.75, 3.05) is 38.6 Å². The predicted molar refractivity (Wildman–Crippen MR) is 237 cm³/mol. The molecule has 316 valence electrons. The zero-order chi connectivity index (χ0) is 43.3. The monoisotopic (exact) mass is 836 g/mol. The minimum Gasteiger partial charge on any atom is -0.485 e. The number of piperidine rings is 1. The average molecular weight is 837 g/mol. The Morgan fingerprint density at radius 2 is 1.90 bits per heavy atom. The Hall–Kier alpha value is -6.17. The van der Waals surface area contributed by atoms with Crippen LogP contribution in [0.1, 0.15) is 55.8 Å². The van der Waals surface area contributed by atoms with Crippen molar-refractivity contribution in [3.05, 3.63) is 101 Å². The highest BCUT2D eigenvalue weighted by atomic mass is 32.2. The van der Waals surface area contributed by atoms with E-state index in [0.29, 0.717) is 17.3 Å². The summed E-state index contributed by atoms with van der Waals surface area (Å²) in [6, 6.07) is 19.2. The van der Waals surface area contributed by atoms with Crippen molar-refractivity contribution in [1.82, 2.24) is 29.7 Å². The highest BCUT2D eigenvalue weighted by Gasteiger charge is 2.25. The van der Waals surface area contributed by atoms with Gasteiger partial charge in [-0.05, 0) is 106 Å². The van der Waals surface area contributed by atoms with Gasteiger partial charge in [-0.2, -0.15) is 10.2 Å². The number of likely N-dealkylation sites (tertiary alicyclic amines) is 1. The number of anilines is 1. The van der Waals surface area contributed by atoms with Crippen molar-refractivity contribution in [3.8, 4) is 5.75 Å². The van der Waals surface area contributed by atoms with Crippen LogP contribution in [0.25, 0.3) is 16.5 Å². The lowest BCUT2D eigenvalue weighted by Gasteiger charge is -2.32. The molecule has 6 rings (SSSR count). The molecule has 3 heterocycles. The Morgan fingerprint density at radius 3 is 2.55 bits per heavy atom. The number of halogens is 1. The van der Waals surface area contributed by atoms with Gasteiger partial charge in [0.2, 0.25) is 5.49 Å². The van der Waals surface area contributed by atoms with E-state index < -0.39 is 5.82 Å². The fraction of sp³-hybridized carbons (Fsp3) is 0.326. The number of amides is 2. The molecular weight excluding hydrogens is 784 g/mol. The number of nitrogens with two attached hydrogens (primary N) is 2. The summed E-state index contributed by atoms with van der Waals surface area (Å²) in [6.07, 6.45) is 6.42. The van der Waals surface area contributed by atoms with Crippen LogP contribution in [0, 0.1) is 11.2 Å². The lowest BCUT2D eigenvalue weighted by Crippen LogP contribution is -2.39. The third-order valence-corrected chi connectivity index (χ3v) is 10.8. The van der Waals surface area contributed by atoms with Gasteiger partial charge in [-0.1, -0.05) is 30.0 Å². The molecule has 0 bridgehead atoms. The van der Waals surface area contributed by atoms with E-state index in [2.05, 4.69) is 67.1 Å². The summed E-state index contributed by atoms with van der Waals surface area (Å²) in [5.41, 5.74) is 14.4. The maximum atomic E-state index is 15.7. The number of ether oxygens (including phenoxy) is 1. The first-order valence-corrected chi connectivity index (χ1v) is 20.4. The molecule has 0 aliphatic carbocycles. The average Bonchev–Trinajstić information content (AvgIpc) is 3.58. The maximum absolute atomic E-state index is 15.7. The van der Waals surface area contributed by atoms with Gasteiger partial charge in [0.15, 0.2) is 11.6 Å². The van der Waals surface area contributed by atoms with Crippen molar-refractivity contribution in [2.45, 2.75) is 61.5 Å². The molecule has 17 heteroatoms. The number of hydrogen-bond donors (Lipinski definition) is 4. The maximum Gasteiger partial charge on any atom is 0.322 e. The number of aryl methyl sites for hydroxylation is 1. The second kappa shape index (κ2) is 21.2. The lowest BCUT2D eigenvalue weighted by atomic mass is 9.89. The molecule has 0 radical (unpaired) electrons. The van der Waals surface area contributed by atoms with Crippen LogP contribution >= 0.6 is 11.8 Å². The first-order valence-electron chi connectivity index (χ1n) is 19.6. The summed E-state index contributed by atoms with van der Waals surface area (Å²) >= 11 is 1.47. The highest BCUT2D eigenvalue weighted by Crippen LogP contribution is 2.35. The molecule has 5 aromatic rings. The lowest BCUT2D eigenvalue weighted by molar-refractivity contribution is -0.107. The molecule has 6 N–H and O–H groups in total. The van der Waals surface area contributed by atoms with Gasteiger partial charge < -0.3 is 31.7 Å². The Kier molecular flexibility index (Phi) is 15.9. The van der Waals surface area contributed by atoms with Crippen LogP contribution < -0.4 is 31.9 Å². The molecule has 2 amide bonds. The third kappa shape index (κ3) is 10.5. The Labute approximate surface area is 353 Å². The van der Waals surface area contributed by atoms with Crippen molar-refractivity contribution in [3.63, 3.8) is 0 Å². The fourth-order valence-electron chi connectivity index (χ4n) is 7.00. The fourth-order valence-corrected chi connectivity index (χ4v) is 7.92. The molecule has 15 nitrogen and oxygen atoms in total. The van der Waals surface area contributed by atoms with E-state index in [1.54, 1.807) is 17.8 Å². The molecule has 3 aromatic carbocycles. The SMILES string of the molecule is C=Nn1cnc(/C(C=N)=C/N)c(OC(C)C)c1=Nc1ccc(Sc2cccc(CN3CCC(c4ccc5c(N(CCC=O)C(=O)NC)nn(C)c5c4)CC3)c2)cc1F.CN. The van der Waals surface area contributed by atoms with Crippen molar-refractivity contribution in [2.24, 2.45) is 28.6 Å². The summed E-state index contributed by atoms with van der Waals surface area (Å²) < 4.78 is 24.8. The molecule has 0 spiro atoms. The largest absolute Gasteiger partial charge is 0.485 e. The van der Waals surface area contributed by atoms with Crippen LogP contribution in [0.15, 0.2) is 93.1 Å². The second-order valence-corrected chi connectivity index (χ2v) is 15.2. The standard InChI is InChI=1S/C42H48FN11O3S.CH5N/c1-27(2)57-39-38(31(23-44)24-45)48-26-54(47-4)41(39)49-36-13-11-33(22-35(36)43)58-32-9-6-8-28(20-32)25-52-17-14-29(15-18-52)30-10-12-34-37(21-30)51(5)50-40(34)53(16-7-19-55)42(56)46-3;1-2/h6,8-13,19-24,26-27,29,44H,4,7,14-18,25,45H2,1-3,5H3,(H,46,56);2H2,1H3/b31-24+,44-23?,49-41?;. The Morgan fingerprint density at radius 1 is 1.15 bits per heavy atom. The van der Waals surface area contributed by atoms with Gasteiger partial charge in [-0.15, -0.1) is 0 Å². The van der Waals surface area contributed by atoms with Gasteiger partial charge in [-0.3, -0.25) is 14.5 Å². The number of aromatic nitrogens is 4. The normalized spacial score (nSPS) is 13.8. The van der Waals surface area contributed by atoms with Crippen LogP contribution in [0.2, 0.25) is 0 Å².